The summed E-state index contributed by atoms with van der Waals surface area (Å²) in [4.78, 5) is 0. The fraction of sp³-hybridized carbons (Fsp3) is 0.800. The van der Waals surface area contributed by atoms with Crippen molar-refractivity contribution in [2.24, 2.45) is 5.92 Å². The summed E-state index contributed by atoms with van der Waals surface area (Å²) < 4.78 is 1.08. The van der Waals surface area contributed by atoms with E-state index >= 15 is 0 Å². The molecule has 3 nitrogen and oxygen atoms in total. The highest BCUT2D eigenvalue weighted by Crippen LogP contribution is 2.20. The van der Waals surface area contributed by atoms with Crippen molar-refractivity contribution in [2.45, 2.75) is 31.5 Å². The summed E-state index contributed by atoms with van der Waals surface area (Å²) in [5.74, 6) is 1.86. The Bertz CT molecular complexity index is 273. The number of nitrogens with one attached hydrogen (secondary N) is 1. The molecule has 15 heavy (non-hydrogen) atoms. The number of hydrogen-bond donors (Lipinski definition) is 1. The first-order valence-corrected chi connectivity index (χ1v) is 7.12. The molecule has 1 rings (SSSR count). The van der Waals surface area contributed by atoms with Crippen LogP contribution >= 0.6 is 23.1 Å². The van der Waals surface area contributed by atoms with E-state index in [2.05, 4.69) is 29.4 Å². The molecular formula is C10H19N3S2. The molecule has 0 aliphatic carbocycles. The lowest BCUT2D eigenvalue weighted by molar-refractivity contribution is 0.547. The number of rotatable bonds is 7. The van der Waals surface area contributed by atoms with E-state index in [1.807, 2.05) is 6.92 Å². The zero-order chi connectivity index (χ0) is 11.1. The average Bonchev–Trinajstić information content (AvgIpc) is 2.57. The smallest absolute Gasteiger partial charge is 0.174 e. The Balaban J connectivity index is 1.98. The molecule has 0 unspecified atom stereocenters. The highest BCUT2D eigenvalue weighted by Gasteiger charge is 2.00. The minimum Gasteiger partial charge on any atom is -0.316 e. The van der Waals surface area contributed by atoms with Crippen LogP contribution in [0.15, 0.2) is 4.34 Å². The molecule has 0 saturated heterocycles. The molecular weight excluding hydrogens is 226 g/mol. The van der Waals surface area contributed by atoms with Gasteiger partial charge < -0.3 is 5.32 Å². The number of aryl methyl sites for hydroxylation is 1. The van der Waals surface area contributed by atoms with E-state index in [1.165, 1.54) is 6.42 Å². The first-order chi connectivity index (χ1) is 7.18. The molecule has 0 radical (unpaired) electrons. The maximum atomic E-state index is 4.07. The third kappa shape index (κ3) is 6.12. The second-order valence-electron chi connectivity index (χ2n) is 3.87. The standard InChI is InChI=1S/C10H19N3S2/c1-8(2)4-5-11-6-7-14-10-13-12-9(3)15-10/h8,11H,4-7H2,1-3H3. The summed E-state index contributed by atoms with van der Waals surface area (Å²) in [6.45, 7) is 8.66. The normalized spacial score (nSPS) is 11.2. The predicted molar refractivity (Wildman–Crippen MR) is 67.7 cm³/mol. The van der Waals surface area contributed by atoms with E-state index in [1.54, 1.807) is 23.1 Å². The summed E-state index contributed by atoms with van der Waals surface area (Å²) in [6, 6.07) is 0. The van der Waals surface area contributed by atoms with Gasteiger partial charge in [-0.15, -0.1) is 10.2 Å². The van der Waals surface area contributed by atoms with Crippen molar-refractivity contribution >= 4 is 23.1 Å². The molecule has 0 aromatic carbocycles. The molecule has 0 aliphatic rings. The Labute approximate surface area is 100 Å². The first-order valence-electron chi connectivity index (χ1n) is 5.32. The van der Waals surface area contributed by atoms with Crippen LogP contribution in [0, 0.1) is 12.8 Å². The van der Waals surface area contributed by atoms with Crippen molar-refractivity contribution in [3.63, 3.8) is 0 Å². The van der Waals surface area contributed by atoms with Crippen LogP contribution in [0.2, 0.25) is 0 Å². The topological polar surface area (TPSA) is 37.8 Å². The van der Waals surface area contributed by atoms with E-state index in [4.69, 9.17) is 0 Å². The van der Waals surface area contributed by atoms with E-state index < -0.39 is 0 Å². The SMILES string of the molecule is Cc1nnc(SCCNCCC(C)C)s1. The predicted octanol–water partition coefficient (Wildman–Crippen LogP) is 2.57. The Morgan fingerprint density at radius 2 is 2.13 bits per heavy atom. The van der Waals surface area contributed by atoms with Crippen LogP contribution in [0.4, 0.5) is 0 Å². The van der Waals surface area contributed by atoms with Gasteiger partial charge in [0, 0.05) is 12.3 Å². The molecule has 0 amide bonds. The van der Waals surface area contributed by atoms with Crippen LogP contribution < -0.4 is 5.32 Å². The van der Waals surface area contributed by atoms with E-state index in [-0.39, 0.29) is 0 Å². The van der Waals surface area contributed by atoms with Crippen LogP contribution in [0.3, 0.4) is 0 Å². The minimum absolute atomic E-state index is 0.788. The molecule has 0 aliphatic heterocycles. The van der Waals surface area contributed by atoms with Gasteiger partial charge in [-0.2, -0.15) is 0 Å². The Morgan fingerprint density at radius 1 is 1.33 bits per heavy atom. The van der Waals surface area contributed by atoms with Crippen molar-refractivity contribution in [3.8, 4) is 0 Å². The molecule has 1 heterocycles. The van der Waals surface area contributed by atoms with Crippen LogP contribution in [-0.2, 0) is 0 Å². The largest absolute Gasteiger partial charge is 0.316 e. The van der Waals surface area contributed by atoms with E-state index in [9.17, 15) is 0 Å². The van der Waals surface area contributed by atoms with Gasteiger partial charge >= 0.3 is 0 Å². The number of aromatic nitrogens is 2. The van der Waals surface area contributed by atoms with Gasteiger partial charge in [-0.1, -0.05) is 36.9 Å². The molecule has 1 aromatic rings. The van der Waals surface area contributed by atoms with Crippen molar-refractivity contribution in [1.82, 2.24) is 15.5 Å². The molecule has 0 fully saturated rings. The Morgan fingerprint density at radius 3 is 2.73 bits per heavy atom. The van der Waals surface area contributed by atoms with Crippen molar-refractivity contribution in [3.05, 3.63) is 5.01 Å². The molecule has 0 bridgehead atoms. The fourth-order valence-corrected chi connectivity index (χ4v) is 2.85. The van der Waals surface area contributed by atoms with Gasteiger partial charge in [-0.3, -0.25) is 0 Å². The van der Waals surface area contributed by atoms with Gasteiger partial charge in [0.15, 0.2) is 4.34 Å². The summed E-state index contributed by atoms with van der Waals surface area (Å²) in [7, 11) is 0. The third-order valence-electron chi connectivity index (χ3n) is 1.91. The fourth-order valence-electron chi connectivity index (χ4n) is 1.06. The summed E-state index contributed by atoms with van der Waals surface area (Å²) in [5, 5.41) is 12.5. The number of hydrogen-bond acceptors (Lipinski definition) is 5. The summed E-state index contributed by atoms with van der Waals surface area (Å²) in [6.07, 6.45) is 1.25. The van der Waals surface area contributed by atoms with Crippen molar-refractivity contribution < 1.29 is 0 Å². The quantitative estimate of drug-likeness (QED) is 0.592. The molecule has 0 atom stereocenters. The van der Waals surface area contributed by atoms with Gasteiger partial charge in [0.05, 0.1) is 0 Å². The summed E-state index contributed by atoms with van der Waals surface area (Å²) in [5.41, 5.74) is 0. The van der Waals surface area contributed by atoms with Gasteiger partial charge in [0.1, 0.15) is 5.01 Å². The number of nitrogens with zero attached hydrogens (tertiary/aromatic N) is 2. The van der Waals surface area contributed by atoms with E-state index in [0.29, 0.717) is 0 Å². The molecule has 0 spiro atoms. The average molecular weight is 245 g/mol. The molecule has 1 aromatic heterocycles. The second kappa shape index (κ2) is 7.19. The van der Waals surface area contributed by atoms with Gasteiger partial charge in [0.25, 0.3) is 0 Å². The maximum Gasteiger partial charge on any atom is 0.174 e. The first kappa shape index (κ1) is 12.9. The van der Waals surface area contributed by atoms with Crippen molar-refractivity contribution in [2.75, 3.05) is 18.8 Å². The van der Waals surface area contributed by atoms with Crippen LogP contribution in [0.25, 0.3) is 0 Å². The van der Waals surface area contributed by atoms with E-state index in [0.717, 1.165) is 34.1 Å². The molecule has 1 N–H and O–H groups in total. The lowest BCUT2D eigenvalue weighted by atomic mass is 10.1. The Kier molecular flexibility index (Phi) is 6.20. The minimum atomic E-state index is 0.788. The van der Waals surface area contributed by atoms with Gasteiger partial charge in [0.2, 0.25) is 0 Å². The zero-order valence-corrected chi connectivity index (χ0v) is 11.2. The zero-order valence-electron chi connectivity index (χ0n) is 9.62. The van der Waals surface area contributed by atoms with Crippen LogP contribution in [0.1, 0.15) is 25.3 Å². The Hall–Kier alpha value is -0.130. The monoisotopic (exact) mass is 245 g/mol. The van der Waals surface area contributed by atoms with Crippen molar-refractivity contribution in [1.29, 1.82) is 0 Å². The third-order valence-corrected chi connectivity index (χ3v) is 3.88. The van der Waals surface area contributed by atoms with Gasteiger partial charge in [-0.25, -0.2) is 0 Å². The highest BCUT2D eigenvalue weighted by atomic mass is 32.2. The molecule has 86 valence electrons. The second-order valence-corrected chi connectivity index (χ2v) is 6.39. The molecule has 0 saturated carbocycles. The van der Waals surface area contributed by atoms with Crippen LogP contribution in [0.5, 0.6) is 0 Å². The molecule has 5 heteroatoms. The lowest BCUT2D eigenvalue weighted by Crippen LogP contribution is -2.19. The lowest BCUT2D eigenvalue weighted by Gasteiger charge is -2.05. The summed E-state index contributed by atoms with van der Waals surface area (Å²) >= 11 is 3.45. The van der Waals surface area contributed by atoms with Crippen LogP contribution in [-0.4, -0.2) is 29.0 Å². The highest BCUT2D eigenvalue weighted by molar-refractivity contribution is 8.01. The maximum absolute atomic E-state index is 4.07. The van der Waals surface area contributed by atoms with Gasteiger partial charge in [-0.05, 0) is 25.8 Å². The number of thioether (sulfide) groups is 1.